The van der Waals surface area contributed by atoms with Crippen molar-refractivity contribution < 1.29 is 9.53 Å². The minimum absolute atomic E-state index is 0.0141. The zero-order chi connectivity index (χ0) is 20.1. The number of nitrogens with one attached hydrogen (secondary N) is 2. The third-order valence-corrected chi connectivity index (χ3v) is 4.97. The lowest BCUT2D eigenvalue weighted by Crippen LogP contribution is -2.44. The maximum absolute atomic E-state index is 12.1. The van der Waals surface area contributed by atoms with Gasteiger partial charge in [-0.1, -0.05) is 6.07 Å². The number of nitrogens with zero attached hydrogens (tertiary/aromatic N) is 3. The minimum Gasteiger partial charge on any atom is -0.374 e. The number of aromatic nitrogens is 2. The Balaban J connectivity index is 1.46. The lowest BCUT2D eigenvalue weighted by molar-refractivity contribution is 0.0359. The number of carbonyl (C=O) groups excluding carboxylic acids is 1. The fraction of sp³-hybridized carbons (Fsp3) is 0.450. The second kappa shape index (κ2) is 8.88. The lowest BCUT2D eigenvalue weighted by atomic mass is 10.1. The van der Waals surface area contributed by atoms with Crippen LogP contribution in [0.4, 0.5) is 16.2 Å². The predicted molar refractivity (Wildman–Crippen MR) is 109 cm³/mol. The van der Waals surface area contributed by atoms with Gasteiger partial charge < -0.3 is 20.3 Å². The van der Waals surface area contributed by atoms with Gasteiger partial charge in [0.15, 0.2) is 0 Å². The average Bonchev–Trinajstić information content (AvgIpc) is 2.67. The molecule has 0 radical (unpaired) electrons. The number of urea groups is 1. The molecule has 28 heavy (non-hydrogen) atoms. The number of amides is 2. The Bertz CT molecular complexity index is 896. The number of hydrogen-bond acceptors (Lipinski definition) is 5. The molecule has 1 aromatic carbocycles. The smallest absolute Gasteiger partial charge is 0.319 e. The molecule has 2 N–H and O–H groups in total. The van der Waals surface area contributed by atoms with Crippen LogP contribution in [0.25, 0.3) is 0 Å². The fourth-order valence-corrected chi connectivity index (χ4v) is 3.10. The Kier molecular flexibility index (Phi) is 6.30. The molecular formula is C20H27N5O3. The predicted octanol–water partition coefficient (Wildman–Crippen LogP) is 1.81. The van der Waals surface area contributed by atoms with Gasteiger partial charge in [-0.25, -0.2) is 9.48 Å². The number of rotatable bonds is 5. The molecule has 2 amide bonds. The summed E-state index contributed by atoms with van der Waals surface area (Å²) in [7, 11) is 1.63. The van der Waals surface area contributed by atoms with Crippen LogP contribution in [0.5, 0.6) is 0 Å². The summed E-state index contributed by atoms with van der Waals surface area (Å²) in [5.74, 6) is 0. The van der Waals surface area contributed by atoms with E-state index in [1.807, 2.05) is 32.0 Å². The number of ether oxygens (including phenoxy) is 1. The molecule has 1 unspecified atom stereocenters. The van der Waals surface area contributed by atoms with E-state index in [9.17, 15) is 9.59 Å². The number of hydrogen-bond donors (Lipinski definition) is 2. The summed E-state index contributed by atoms with van der Waals surface area (Å²) in [5, 5.41) is 9.79. The van der Waals surface area contributed by atoms with Crippen LogP contribution in [0, 0.1) is 13.8 Å². The Morgan fingerprint density at radius 1 is 1.29 bits per heavy atom. The Labute approximate surface area is 164 Å². The molecule has 1 atom stereocenters. The van der Waals surface area contributed by atoms with E-state index in [1.54, 1.807) is 19.3 Å². The van der Waals surface area contributed by atoms with Gasteiger partial charge in [-0.3, -0.25) is 4.79 Å². The van der Waals surface area contributed by atoms with Crippen LogP contribution < -0.4 is 21.1 Å². The van der Waals surface area contributed by atoms with Gasteiger partial charge in [0.1, 0.15) is 0 Å². The van der Waals surface area contributed by atoms with E-state index in [1.165, 1.54) is 10.2 Å². The first-order valence-electron chi connectivity index (χ1n) is 9.44. The van der Waals surface area contributed by atoms with Crippen LogP contribution in [0.1, 0.15) is 17.5 Å². The number of anilines is 2. The van der Waals surface area contributed by atoms with Gasteiger partial charge in [0.25, 0.3) is 5.56 Å². The quantitative estimate of drug-likeness (QED) is 0.820. The summed E-state index contributed by atoms with van der Waals surface area (Å²) in [6, 6.07) is 7.19. The van der Waals surface area contributed by atoms with E-state index >= 15 is 0 Å². The van der Waals surface area contributed by atoms with Crippen LogP contribution in [0.3, 0.4) is 0 Å². The van der Waals surface area contributed by atoms with Crippen LogP contribution in [-0.4, -0.2) is 48.2 Å². The Morgan fingerprint density at radius 3 is 2.86 bits per heavy atom. The highest BCUT2D eigenvalue weighted by Gasteiger charge is 2.21. The molecular weight excluding hydrogens is 358 g/mol. The summed E-state index contributed by atoms with van der Waals surface area (Å²) < 4.78 is 7.10. The van der Waals surface area contributed by atoms with Crippen molar-refractivity contribution >= 4 is 17.4 Å². The molecule has 2 heterocycles. The first-order valence-corrected chi connectivity index (χ1v) is 9.44. The Morgan fingerprint density at radius 2 is 2.11 bits per heavy atom. The van der Waals surface area contributed by atoms with Crippen molar-refractivity contribution in [3.8, 4) is 0 Å². The lowest BCUT2D eigenvalue weighted by Gasteiger charge is -2.34. The first-order chi connectivity index (χ1) is 13.4. The van der Waals surface area contributed by atoms with Crippen molar-refractivity contribution in [2.24, 2.45) is 7.05 Å². The summed E-state index contributed by atoms with van der Waals surface area (Å²) in [4.78, 5) is 26.0. The van der Waals surface area contributed by atoms with E-state index in [-0.39, 0.29) is 17.7 Å². The van der Waals surface area contributed by atoms with E-state index in [4.69, 9.17) is 4.74 Å². The SMILES string of the molecule is Cc1ccc(NC(=O)NCCC2CN(c3cnn(C)c(=O)c3)CCO2)cc1C. The van der Waals surface area contributed by atoms with E-state index < -0.39 is 0 Å². The van der Waals surface area contributed by atoms with Crippen molar-refractivity contribution in [1.29, 1.82) is 0 Å². The third-order valence-electron chi connectivity index (χ3n) is 4.97. The summed E-state index contributed by atoms with van der Waals surface area (Å²) in [5.41, 5.74) is 3.77. The maximum atomic E-state index is 12.1. The highest BCUT2D eigenvalue weighted by Crippen LogP contribution is 2.16. The summed E-state index contributed by atoms with van der Waals surface area (Å²) in [6.07, 6.45) is 2.37. The second-order valence-corrected chi connectivity index (χ2v) is 7.08. The van der Waals surface area contributed by atoms with Crippen LogP contribution in [0.15, 0.2) is 35.3 Å². The van der Waals surface area contributed by atoms with E-state index in [0.717, 1.165) is 16.9 Å². The molecule has 1 fully saturated rings. The molecule has 2 aromatic rings. The molecule has 1 saturated heterocycles. The fourth-order valence-electron chi connectivity index (χ4n) is 3.10. The molecule has 0 bridgehead atoms. The third kappa shape index (κ3) is 5.10. The normalized spacial score (nSPS) is 16.7. The molecule has 1 aromatic heterocycles. The van der Waals surface area contributed by atoms with Crippen LogP contribution in [-0.2, 0) is 11.8 Å². The second-order valence-electron chi connectivity index (χ2n) is 7.08. The van der Waals surface area contributed by atoms with Crippen molar-refractivity contribution in [2.75, 3.05) is 36.5 Å². The van der Waals surface area contributed by atoms with Gasteiger partial charge in [0.2, 0.25) is 0 Å². The molecule has 8 heteroatoms. The van der Waals surface area contributed by atoms with Crippen molar-refractivity contribution in [3.05, 3.63) is 51.9 Å². The van der Waals surface area contributed by atoms with Crippen molar-refractivity contribution in [1.82, 2.24) is 15.1 Å². The topological polar surface area (TPSA) is 88.5 Å². The van der Waals surface area contributed by atoms with Gasteiger partial charge in [-0.2, -0.15) is 5.10 Å². The standard InChI is InChI=1S/C20H27N5O3/c1-14-4-5-16(10-15(14)2)23-20(27)21-7-6-18-13-25(8-9-28-18)17-11-19(26)24(3)22-12-17/h4-5,10-12,18H,6-9,13H2,1-3H3,(H2,21,23,27). The number of aryl methyl sites for hydroxylation is 3. The van der Waals surface area contributed by atoms with Gasteiger partial charge in [-0.05, 0) is 43.5 Å². The highest BCUT2D eigenvalue weighted by atomic mass is 16.5. The van der Waals surface area contributed by atoms with Crippen LogP contribution >= 0.6 is 0 Å². The maximum Gasteiger partial charge on any atom is 0.319 e. The molecule has 8 nitrogen and oxygen atoms in total. The van der Waals surface area contributed by atoms with Crippen molar-refractivity contribution in [3.63, 3.8) is 0 Å². The zero-order valence-electron chi connectivity index (χ0n) is 16.6. The first kappa shape index (κ1) is 19.9. The monoisotopic (exact) mass is 385 g/mol. The van der Waals surface area contributed by atoms with Gasteiger partial charge >= 0.3 is 6.03 Å². The number of morpholine rings is 1. The van der Waals surface area contributed by atoms with Gasteiger partial charge in [-0.15, -0.1) is 0 Å². The number of carbonyl (C=O) groups is 1. The largest absolute Gasteiger partial charge is 0.374 e. The molecule has 0 saturated carbocycles. The number of benzene rings is 1. The summed E-state index contributed by atoms with van der Waals surface area (Å²) >= 11 is 0. The average molecular weight is 385 g/mol. The van der Waals surface area contributed by atoms with E-state index in [2.05, 4.69) is 20.6 Å². The van der Waals surface area contributed by atoms with Crippen LogP contribution in [0.2, 0.25) is 0 Å². The van der Waals surface area contributed by atoms with Gasteiger partial charge in [0, 0.05) is 38.4 Å². The van der Waals surface area contributed by atoms with E-state index in [0.29, 0.717) is 32.7 Å². The molecule has 3 rings (SSSR count). The molecule has 0 aliphatic carbocycles. The molecule has 1 aliphatic rings. The van der Waals surface area contributed by atoms with Gasteiger partial charge in [0.05, 0.1) is 24.6 Å². The van der Waals surface area contributed by atoms with Crippen molar-refractivity contribution in [2.45, 2.75) is 26.4 Å². The molecule has 1 aliphatic heterocycles. The summed E-state index contributed by atoms with van der Waals surface area (Å²) in [6.45, 7) is 6.51. The minimum atomic E-state index is -0.230. The highest BCUT2D eigenvalue weighted by molar-refractivity contribution is 5.89. The zero-order valence-corrected chi connectivity index (χ0v) is 16.6. The Hall–Kier alpha value is -2.87. The molecule has 0 spiro atoms. The molecule has 150 valence electrons.